The van der Waals surface area contributed by atoms with E-state index in [1.807, 2.05) is 19.1 Å². The van der Waals surface area contributed by atoms with Gasteiger partial charge in [-0.1, -0.05) is 47.2 Å². The summed E-state index contributed by atoms with van der Waals surface area (Å²) >= 11 is 0. The van der Waals surface area contributed by atoms with Crippen molar-refractivity contribution in [1.82, 2.24) is 0 Å². The Morgan fingerprint density at radius 3 is 2.19 bits per heavy atom. The highest BCUT2D eigenvalue weighted by molar-refractivity contribution is 7.86. The maximum atomic E-state index is 11.8. The normalized spacial score (nSPS) is 12.4. The number of nitrogens with two attached hydrogens (primary N) is 1. The maximum Gasteiger partial charge on any atom is 0.295 e. The summed E-state index contributed by atoms with van der Waals surface area (Å²) in [5.74, 6) is 5.19. The molecule has 0 aromatic heterocycles. The summed E-state index contributed by atoms with van der Waals surface area (Å²) in [5, 5.41) is 16.0. The van der Waals surface area contributed by atoms with E-state index in [-0.39, 0.29) is 21.7 Å². The van der Waals surface area contributed by atoms with Gasteiger partial charge in [0, 0.05) is 10.8 Å². The van der Waals surface area contributed by atoms with Gasteiger partial charge in [0.05, 0.1) is 5.69 Å². The lowest BCUT2D eigenvalue weighted by Gasteiger charge is -2.08. The molecule has 0 heterocycles. The van der Waals surface area contributed by atoms with Crippen molar-refractivity contribution in [3.05, 3.63) is 60.2 Å². The smallest absolute Gasteiger partial charge is 0.295 e. The van der Waals surface area contributed by atoms with Gasteiger partial charge >= 0.3 is 0 Å². The summed E-state index contributed by atoms with van der Waals surface area (Å²) < 4.78 is 33.1. The molecule has 132 valence electrons. The lowest BCUT2D eigenvalue weighted by atomic mass is 10.1. The molecule has 9 heteroatoms. The Labute approximate surface area is 149 Å². The van der Waals surface area contributed by atoms with Crippen LogP contribution in [0.25, 0.3) is 10.8 Å². The molecule has 0 saturated heterocycles. The summed E-state index contributed by atoms with van der Waals surface area (Å²) in [6, 6.07) is 15.0. The van der Waals surface area contributed by atoms with Gasteiger partial charge < -0.3 is 5.84 Å². The van der Waals surface area contributed by atoms with Crippen molar-refractivity contribution < 1.29 is 13.0 Å². The van der Waals surface area contributed by atoms with Crippen LogP contribution in [0.2, 0.25) is 0 Å². The zero-order chi connectivity index (χ0) is 18.7. The predicted octanol–water partition coefficient (Wildman–Crippen LogP) is 4.77. The van der Waals surface area contributed by atoms with Crippen LogP contribution in [0.3, 0.4) is 0 Å². The van der Waals surface area contributed by atoms with Gasteiger partial charge in [0.25, 0.3) is 10.1 Å². The fraction of sp³-hybridized carbons (Fsp3) is 0.0588. The Kier molecular flexibility index (Phi) is 4.74. The molecule has 26 heavy (non-hydrogen) atoms. The quantitative estimate of drug-likeness (QED) is 0.297. The zero-order valence-electron chi connectivity index (χ0n) is 13.7. The van der Waals surface area contributed by atoms with E-state index in [9.17, 15) is 13.0 Å². The van der Waals surface area contributed by atoms with Crippen molar-refractivity contribution in [3.63, 3.8) is 0 Å². The van der Waals surface area contributed by atoms with E-state index in [0.29, 0.717) is 11.1 Å². The molecule has 0 aliphatic carbocycles. The number of benzene rings is 3. The second-order valence-electron chi connectivity index (χ2n) is 5.51. The number of nitrogens with zero attached hydrogens (tertiary/aromatic N) is 4. The first-order chi connectivity index (χ1) is 12.4. The van der Waals surface area contributed by atoms with Crippen LogP contribution < -0.4 is 5.84 Å². The topological polar surface area (TPSA) is 130 Å². The second-order valence-corrected chi connectivity index (χ2v) is 6.90. The van der Waals surface area contributed by atoms with Gasteiger partial charge in [-0.2, -0.15) is 13.5 Å². The van der Waals surface area contributed by atoms with Gasteiger partial charge in [0.1, 0.15) is 16.3 Å². The van der Waals surface area contributed by atoms with Gasteiger partial charge in [-0.25, -0.2) is 0 Å². The van der Waals surface area contributed by atoms with Crippen LogP contribution in [-0.4, -0.2) is 13.0 Å². The van der Waals surface area contributed by atoms with Gasteiger partial charge in [-0.05, 0) is 25.1 Å². The fourth-order valence-electron chi connectivity index (χ4n) is 2.49. The molecule has 0 bridgehead atoms. The molecule has 3 rings (SSSR count). The molecule has 0 saturated carbocycles. The Morgan fingerprint density at radius 1 is 0.923 bits per heavy atom. The molecule has 0 radical (unpaired) electrons. The summed E-state index contributed by atoms with van der Waals surface area (Å²) in [6.45, 7) is 1.95. The van der Waals surface area contributed by atoms with Gasteiger partial charge in [-0.15, -0.1) is 10.2 Å². The third-order valence-corrected chi connectivity index (χ3v) is 4.59. The van der Waals surface area contributed by atoms with Crippen molar-refractivity contribution in [3.8, 4) is 0 Å². The first-order valence-corrected chi connectivity index (χ1v) is 8.97. The zero-order valence-corrected chi connectivity index (χ0v) is 14.6. The minimum Gasteiger partial charge on any atom is -0.305 e. The number of aryl methyl sites for hydroxylation is 1. The number of hydrogen-bond donors (Lipinski definition) is 2. The van der Waals surface area contributed by atoms with E-state index in [4.69, 9.17) is 5.84 Å². The van der Waals surface area contributed by atoms with Crippen molar-refractivity contribution >= 4 is 38.0 Å². The largest absolute Gasteiger partial charge is 0.305 e. The predicted molar refractivity (Wildman–Crippen MR) is 97.8 cm³/mol. The molecule has 0 fully saturated rings. The third kappa shape index (κ3) is 3.58. The van der Waals surface area contributed by atoms with E-state index in [1.54, 1.807) is 36.4 Å². The monoisotopic (exact) mass is 369 g/mol. The number of hydrogen-bond acceptors (Lipinski definition) is 6. The summed E-state index contributed by atoms with van der Waals surface area (Å²) in [4.78, 5) is -0.290. The number of azo groups is 1. The van der Waals surface area contributed by atoms with Crippen molar-refractivity contribution in [2.45, 2.75) is 11.8 Å². The third-order valence-electron chi connectivity index (χ3n) is 3.70. The average molecular weight is 369 g/mol. The molecule has 3 N–H and O–H groups in total. The van der Waals surface area contributed by atoms with Gasteiger partial charge in [0.15, 0.2) is 0 Å². The van der Waals surface area contributed by atoms with Crippen LogP contribution in [0, 0.1) is 6.92 Å². The number of fused-ring (bicyclic) bond motifs is 1. The Bertz CT molecular complexity index is 1120. The van der Waals surface area contributed by atoms with Crippen LogP contribution in [0.5, 0.6) is 0 Å². The molecule has 0 unspecified atom stereocenters. The first kappa shape index (κ1) is 17.6. The summed E-state index contributed by atoms with van der Waals surface area (Å²) in [7, 11) is -4.48. The van der Waals surface area contributed by atoms with Crippen LogP contribution in [-0.2, 0) is 10.1 Å². The maximum absolute atomic E-state index is 11.8. The van der Waals surface area contributed by atoms with Crippen molar-refractivity contribution in [2.75, 3.05) is 0 Å². The SMILES string of the molecule is Cc1ccc(/N=N/c2cc(S(=O)(=O)O)c3ccccc3c2N=NN)cc1. The van der Waals surface area contributed by atoms with E-state index in [0.717, 1.165) is 5.56 Å². The molecule has 3 aromatic rings. The fourth-order valence-corrected chi connectivity index (χ4v) is 3.20. The van der Waals surface area contributed by atoms with Gasteiger partial charge in [-0.3, -0.25) is 4.55 Å². The van der Waals surface area contributed by atoms with Crippen LogP contribution >= 0.6 is 0 Å². The number of rotatable bonds is 4. The summed E-state index contributed by atoms with van der Waals surface area (Å²) in [6.07, 6.45) is 0. The molecule has 0 aliphatic rings. The van der Waals surface area contributed by atoms with Crippen LogP contribution in [0.15, 0.2) is 80.1 Å². The summed E-state index contributed by atoms with van der Waals surface area (Å²) in [5.41, 5.74) is 2.02. The lowest BCUT2D eigenvalue weighted by Crippen LogP contribution is -1.99. The van der Waals surface area contributed by atoms with Crippen molar-refractivity contribution in [2.24, 2.45) is 26.4 Å². The average Bonchev–Trinajstić information content (AvgIpc) is 2.61. The van der Waals surface area contributed by atoms with Crippen LogP contribution in [0.1, 0.15) is 5.56 Å². The molecule has 3 aromatic carbocycles. The van der Waals surface area contributed by atoms with E-state index in [1.165, 1.54) is 6.07 Å². The molecule has 0 atom stereocenters. The Balaban J connectivity index is 2.26. The molecular formula is C17H15N5O3S. The van der Waals surface area contributed by atoms with E-state index in [2.05, 4.69) is 20.6 Å². The standard InChI is InChI=1S/C17H15N5O3S/c1-11-6-8-12(9-7-11)19-20-15-10-16(26(23,24)25)13-4-2-3-5-14(13)17(15)21-22-18/h2-10H,1H3,(H2,18,21)(H,23,24,25)/b20-19+. The minimum atomic E-state index is -4.48. The molecule has 8 nitrogen and oxygen atoms in total. The molecule has 0 spiro atoms. The Morgan fingerprint density at radius 2 is 1.58 bits per heavy atom. The van der Waals surface area contributed by atoms with Crippen LogP contribution in [0.4, 0.5) is 17.1 Å². The first-order valence-electron chi connectivity index (χ1n) is 7.53. The van der Waals surface area contributed by atoms with E-state index < -0.39 is 10.1 Å². The highest BCUT2D eigenvalue weighted by Gasteiger charge is 2.19. The van der Waals surface area contributed by atoms with Gasteiger partial charge in [0.2, 0.25) is 0 Å². The second kappa shape index (κ2) is 6.98. The molecule has 0 amide bonds. The van der Waals surface area contributed by atoms with Crippen molar-refractivity contribution in [1.29, 1.82) is 0 Å². The molecular weight excluding hydrogens is 354 g/mol. The highest BCUT2D eigenvalue weighted by Crippen LogP contribution is 2.40. The lowest BCUT2D eigenvalue weighted by molar-refractivity contribution is 0.484. The Hall–Kier alpha value is -3.17. The highest BCUT2D eigenvalue weighted by atomic mass is 32.2. The molecule has 0 aliphatic heterocycles. The van der Waals surface area contributed by atoms with E-state index >= 15 is 0 Å². The minimum absolute atomic E-state index is 0.117.